The quantitative estimate of drug-likeness (QED) is 0.879. The van der Waals surface area contributed by atoms with Crippen molar-refractivity contribution in [1.29, 1.82) is 0 Å². The highest BCUT2D eigenvalue weighted by molar-refractivity contribution is 5.85. The molecule has 0 spiro atoms. The Hall–Kier alpha value is -2.20. The maximum Gasteiger partial charge on any atom is 0.416 e. The number of carboxylic acids is 1. The molecule has 1 N–H and O–H groups in total. The molecule has 1 aliphatic rings. The lowest BCUT2D eigenvalue weighted by molar-refractivity contribution is -0.142. The molecule has 11 heteroatoms. The monoisotopic (exact) mass is 377 g/mol. The third-order valence-corrected chi connectivity index (χ3v) is 3.97. The molecule has 1 aliphatic heterocycles. The van der Waals surface area contributed by atoms with E-state index in [2.05, 4.69) is 15.5 Å². The van der Waals surface area contributed by atoms with Gasteiger partial charge in [0, 0.05) is 0 Å². The van der Waals surface area contributed by atoms with Crippen LogP contribution in [0.3, 0.4) is 0 Å². The summed E-state index contributed by atoms with van der Waals surface area (Å²) < 4.78 is 39.2. The molecule has 3 rings (SSSR count). The van der Waals surface area contributed by atoms with Gasteiger partial charge in [0.15, 0.2) is 5.82 Å². The van der Waals surface area contributed by atoms with Gasteiger partial charge < -0.3 is 5.11 Å². The summed E-state index contributed by atoms with van der Waals surface area (Å²) in [5.41, 5.74) is -0.375. The summed E-state index contributed by atoms with van der Waals surface area (Å²) in [5, 5.41) is 20.4. The van der Waals surface area contributed by atoms with Crippen LogP contribution in [0, 0.1) is 0 Å². The molecule has 1 saturated heterocycles. The molecule has 1 aromatic carbocycles. The number of hydrogen-bond donors (Lipinski definition) is 1. The van der Waals surface area contributed by atoms with Gasteiger partial charge in [-0.1, -0.05) is 0 Å². The van der Waals surface area contributed by atoms with Crippen LogP contribution in [0.4, 0.5) is 13.2 Å². The van der Waals surface area contributed by atoms with E-state index in [1.165, 1.54) is 16.8 Å². The van der Waals surface area contributed by atoms with E-state index >= 15 is 0 Å². The fourth-order valence-corrected chi connectivity index (χ4v) is 2.77. The van der Waals surface area contributed by atoms with Crippen molar-refractivity contribution in [2.24, 2.45) is 0 Å². The molecule has 0 aliphatic carbocycles. The van der Waals surface area contributed by atoms with Crippen molar-refractivity contribution < 1.29 is 23.1 Å². The predicted octanol–water partition coefficient (Wildman–Crippen LogP) is 2.15. The van der Waals surface area contributed by atoms with Gasteiger partial charge in [-0.3, -0.25) is 9.69 Å². The molecule has 0 bridgehead atoms. The van der Waals surface area contributed by atoms with Crippen LogP contribution in [0.5, 0.6) is 0 Å². The van der Waals surface area contributed by atoms with Crippen molar-refractivity contribution >= 4 is 18.4 Å². The van der Waals surface area contributed by atoms with Gasteiger partial charge in [0.2, 0.25) is 0 Å². The minimum Gasteiger partial charge on any atom is -0.480 e. The topological polar surface area (TPSA) is 84.1 Å². The predicted molar refractivity (Wildman–Crippen MR) is 82.5 cm³/mol. The molecule has 1 unspecified atom stereocenters. The van der Waals surface area contributed by atoms with Crippen molar-refractivity contribution in [3.8, 4) is 5.69 Å². The van der Waals surface area contributed by atoms with Gasteiger partial charge in [0.25, 0.3) is 0 Å². The van der Waals surface area contributed by atoms with E-state index in [0.29, 0.717) is 24.5 Å². The lowest BCUT2D eigenvalue weighted by Crippen LogP contribution is -2.36. The summed E-state index contributed by atoms with van der Waals surface area (Å²) in [6, 6.07) is 3.87. The zero-order chi connectivity index (χ0) is 17.3. The summed E-state index contributed by atoms with van der Waals surface area (Å²) >= 11 is 0. The zero-order valence-corrected chi connectivity index (χ0v) is 13.7. The second-order valence-corrected chi connectivity index (χ2v) is 5.52. The molecule has 2 heterocycles. The summed E-state index contributed by atoms with van der Waals surface area (Å²) in [4.78, 5) is 13.0. The first kappa shape index (κ1) is 19.1. The largest absolute Gasteiger partial charge is 0.480 e. The highest BCUT2D eigenvalue weighted by atomic mass is 35.5. The van der Waals surface area contributed by atoms with E-state index in [9.17, 15) is 23.1 Å². The third-order valence-electron chi connectivity index (χ3n) is 3.97. The number of carboxylic acid groups (broad SMARTS) is 1. The Morgan fingerprint density at radius 2 is 1.96 bits per heavy atom. The molecule has 0 saturated carbocycles. The molecule has 2 aromatic rings. The third kappa shape index (κ3) is 4.07. The van der Waals surface area contributed by atoms with Crippen LogP contribution >= 0.6 is 12.4 Å². The molecule has 1 atom stereocenters. The van der Waals surface area contributed by atoms with Gasteiger partial charge in [-0.25, -0.2) is 0 Å². The number of halogens is 4. The van der Waals surface area contributed by atoms with Crippen molar-refractivity contribution in [3.05, 3.63) is 35.7 Å². The number of likely N-dealkylation sites (tertiary alicyclic amines) is 1. The lowest BCUT2D eigenvalue weighted by atomic mass is 10.2. The first-order valence-electron chi connectivity index (χ1n) is 7.28. The maximum absolute atomic E-state index is 12.6. The first-order chi connectivity index (χ1) is 11.4. The van der Waals surface area contributed by atoms with E-state index in [4.69, 9.17) is 0 Å². The maximum atomic E-state index is 12.6. The molecule has 0 radical (unpaired) electrons. The van der Waals surface area contributed by atoms with Crippen LogP contribution in [-0.4, -0.2) is 48.8 Å². The molecular formula is C14H15ClF3N5O2. The van der Waals surface area contributed by atoms with Crippen molar-refractivity contribution in [3.63, 3.8) is 0 Å². The van der Waals surface area contributed by atoms with Gasteiger partial charge in [0.1, 0.15) is 6.04 Å². The molecule has 25 heavy (non-hydrogen) atoms. The average Bonchev–Trinajstić information content (AvgIpc) is 3.16. The Labute approximate surface area is 146 Å². The van der Waals surface area contributed by atoms with Gasteiger partial charge in [0.05, 0.1) is 17.8 Å². The fourth-order valence-electron chi connectivity index (χ4n) is 2.77. The second-order valence-electron chi connectivity index (χ2n) is 5.52. The number of aromatic nitrogens is 4. The minimum atomic E-state index is -4.41. The van der Waals surface area contributed by atoms with Crippen LogP contribution in [-0.2, 0) is 17.5 Å². The molecular weight excluding hydrogens is 363 g/mol. The zero-order valence-electron chi connectivity index (χ0n) is 12.8. The summed E-state index contributed by atoms with van der Waals surface area (Å²) in [7, 11) is 0. The van der Waals surface area contributed by atoms with Crippen molar-refractivity contribution in [1.82, 2.24) is 25.1 Å². The van der Waals surface area contributed by atoms with Crippen LogP contribution in [0.2, 0.25) is 0 Å². The Balaban J connectivity index is 0.00000225. The number of nitrogens with zero attached hydrogens (tertiary/aromatic N) is 5. The normalized spacial score (nSPS) is 18.1. The standard InChI is InChI=1S/C14H14F3N5O2.ClH/c15-14(16,17)9-3-5-10(6-4-9)22-12(18-19-20-22)8-21-7-1-2-11(21)13(23)24;/h3-6,11H,1-2,7-8H2,(H,23,24);1H. The molecule has 7 nitrogen and oxygen atoms in total. The number of alkyl halides is 3. The molecule has 136 valence electrons. The lowest BCUT2D eigenvalue weighted by Gasteiger charge is -2.20. The van der Waals surface area contributed by atoms with Crippen LogP contribution in [0.15, 0.2) is 24.3 Å². The summed E-state index contributed by atoms with van der Waals surface area (Å²) in [6.45, 7) is 0.821. The highest BCUT2D eigenvalue weighted by Gasteiger charge is 2.32. The van der Waals surface area contributed by atoms with E-state index in [0.717, 1.165) is 18.6 Å². The number of benzene rings is 1. The summed E-state index contributed by atoms with van der Waals surface area (Å²) in [5.74, 6) is -0.524. The van der Waals surface area contributed by atoms with Crippen LogP contribution in [0.1, 0.15) is 24.2 Å². The Kier molecular flexibility index (Phi) is 5.63. The highest BCUT2D eigenvalue weighted by Crippen LogP contribution is 2.29. The first-order valence-corrected chi connectivity index (χ1v) is 7.28. The molecule has 0 amide bonds. The molecule has 1 fully saturated rings. The Bertz CT molecular complexity index is 735. The van der Waals surface area contributed by atoms with E-state index < -0.39 is 23.8 Å². The summed E-state index contributed by atoms with van der Waals surface area (Å²) in [6.07, 6.45) is -3.10. The van der Waals surface area contributed by atoms with E-state index in [1.807, 2.05) is 0 Å². The van der Waals surface area contributed by atoms with Crippen molar-refractivity contribution in [2.45, 2.75) is 31.6 Å². The van der Waals surface area contributed by atoms with Crippen LogP contribution < -0.4 is 0 Å². The second kappa shape index (κ2) is 7.36. The van der Waals surface area contributed by atoms with Crippen LogP contribution in [0.25, 0.3) is 5.69 Å². The molecule has 1 aromatic heterocycles. The van der Waals surface area contributed by atoms with Gasteiger partial charge in [-0.15, -0.1) is 17.5 Å². The fraction of sp³-hybridized carbons (Fsp3) is 0.429. The Morgan fingerprint density at radius 1 is 1.28 bits per heavy atom. The van der Waals surface area contributed by atoms with Gasteiger partial charge in [-0.05, 0) is 54.1 Å². The Morgan fingerprint density at radius 3 is 2.56 bits per heavy atom. The van der Waals surface area contributed by atoms with E-state index in [1.54, 1.807) is 4.90 Å². The number of carbonyl (C=O) groups is 1. The number of hydrogen-bond acceptors (Lipinski definition) is 5. The SMILES string of the molecule is Cl.O=C(O)C1CCCN1Cc1nnnn1-c1ccc(C(F)(F)F)cc1. The van der Waals surface area contributed by atoms with E-state index in [-0.39, 0.29) is 19.0 Å². The average molecular weight is 378 g/mol. The van der Waals surface area contributed by atoms with Gasteiger partial charge in [-0.2, -0.15) is 17.9 Å². The number of tetrazole rings is 1. The smallest absolute Gasteiger partial charge is 0.416 e. The van der Waals surface area contributed by atoms with Crippen molar-refractivity contribution in [2.75, 3.05) is 6.54 Å². The number of rotatable bonds is 4. The van der Waals surface area contributed by atoms with Gasteiger partial charge >= 0.3 is 12.1 Å². The minimum absolute atomic E-state index is 0. The number of aliphatic carboxylic acids is 1.